The Bertz CT molecular complexity index is 502. The first-order valence-corrected chi connectivity index (χ1v) is 8.52. The number of nitrogens with two attached hydrogens (primary N) is 1. The van der Waals surface area contributed by atoms with E-state index in [0.29, 0.717) is 0 Å². The van der Waals surface area contributed by atoms with E-state index in [2.05, 4.69) is 48.0 Å². The minimum absolute atomic E-state index is 0.0274. The molecule has 1 spiro atoms. The standard InChI is InChI=1S/C17H24BrNO/c1-11(2)12-4-3-7-17(9-12)10-15(19)14-6-5-13(18)8-16(14)20-17/h5-6,8,11-12,15H,3-4,7,9-10,19H2,1-2H3/t12?,15-,17?/m0/s1. The quantitative estimate of drug-likeness (QED) is 0.797. The van der Waals surface area contributed by atoms with Gasteiger partial charge in [0.05, 0.1) is 0 Å². The number of fused-ring (bicyclic) bond motifs is 1. The minimum Gasteiger partial charge on any atom is -0.487 e. The second-order valence-electron chi connectivity index (χ2n) is 6.88. The fraction of sp³-hybridized carbons (Fsp3) is 0.647. The largest absolute Gasteiger partial charge is 0.487 e. The van der Waals surface area contributed by atoms with Gasteiger partial charge in [0.25, 0.3) is 0 Å². The lowest BCUT2D eigenvalue weighted by Gasteiger charge is -2.47. The predicted octanol–water partition coefficient (Wildman–Crippen LogP) is 4.82. The van der Waals surface area contributed by atoms with E-state index in [1.165, 1.54) is 12.8 Å². The van der Waals surface area contributed by atoms with Crippen molar-refractivity contribution in [2.24, 2.45) is 17.6 Å². The molecular weight excluding hydrogens is 314 g/mol. The molecule has 0 amide bonds. The van der Waals surface area contributed by atoms with Crippen molar-refractivity contribution in [1.29, 1.82) is 0 Å². The van der Waals surface area contributed by atoms with Gasteiger partial charge in [0.15, 0.2) is 0 Å². The van der Waals surface area contributed by atoms with Crippen LogP contribution in [0, 0.1) is 11.8 Å². The van der Waals surface area contributed by atoms with Crippen molar-refractivity contribution in [3.05, 3.63) is 28.2 Å². The number of halogens is 1. The van der Waals surface area contributed by atoms with Gasteiger partial charge in [-0.2, -0.15) is 0 Å². The summed E-state index contributed by atoms with van der Waals surface area (Å²) in [5.41, 5.74) is 7.56. The van der Waals surface area contributed by atoms with Gasteiger partial charge >= 0.3 is 0 Å². The van der Waals surface area contributed by atoms with Crippen molar-refractivity contribution in [2.45, 2.75) is 57.6 Å². The lowest BCUT2D eigenvalue weighted by molar-refractivity contribution is -0.0249. The third-order valence-corrected chi connectivity index (χ3v) is 5.57. The Morgan fingerprint density at radius 2 is 2.15 bits per heavy atom. The SMILES string of the molecule is CC(C)C1CCCC2(C1)C[C@H](N)c1ccc(Br)cc1O2. The minimum atomic E-state index is -0.0274. The molecule has 1 heterocycles. The molecule has 3 atom stereocenters. The first-order chi connectivity index (χ1) is 9.49. The summed E-state index contributed by atoms with van der Waals surface area (Å²) in [6.07, 6.45) is 5.87. The highest BCUT2D eigenvalue weighted by Gasteiger charge is 2.43. The van der Waals surface area contributed by atoms with Crippen LogP contribution < -0.4 is 10.5 Å². The maximum absolute atomic E-state index is 6.48. The molecule has 1 aromatic carbocycles. The summed E-state index contributed by atoms with van der Waals surface area (Å²) in [7, 11) is 0. The van der Waals surface area contributed by atoms with Crippen LogP contribution in [0.2, 0.25) is 0 Å². The second kappa shape index (κ2) is 5.34. The molecule has 0 bridgehead atoms. The molecular formula is C17H24BrNO. The van der Waals surface area contributed by atoms with Crippen molar-refractivity contribution in [3.8, 4) is 5.75 Å². The van der Waals surface area contributed by atoms with E-state index in [0.717, 1.165) is 46.9 Å². The zero-order valence-electron chi connectivity index (χ0n) is 12.4. The smallest absolute Gasteiger partial charge is 0.126 e. The first-order valence-electron chi connectivity index (χ1n) is 7.73. The molecule has 1 fully saturated rings. The Morgan fingerprint density at radius 3 is 2.90 bits per heavy atom. The first kappa shape index (κ1) is 14.4. The van der Waals surface area contributed by atoms with E-state index < -0.39 is 0 Å². The van der Waals surface area contributed by atoms with Crippen LogP contribution in [0.4, 0.5) is 0 Å². The van der Waals surface area contributed by atoms with Crippen molar-refractivity contribution in [1.82, 2.24) is 0 Å². The van der Waals surface area contributed by atoms with Crippen LogP contribution in [-0.2, 0) is 0 Å². The monoisotopic (exact) mass is 337 g/mol. The van der Waals surface area contributed by atoms with Gasteiger partial charge in [-0.05, 0) is 49.7 Å². The molecule has 1 saturated carbocycles. The van der Waals surface area contributed by atoms with E-state index in [-0.39, 0.29) is 11.6 Å². The Hall–Kier alpha value is -0.540. The normalized spacial score (nSPS) is 33.0. The van der Waals surface area contributed by atoms with Crippen LogP contribution in [0.1, 0.15) is 57.6 Å². The molecule has 0 radical (unpaired) electrons. The number of ether oxygens (including phenoxy) is 1. The fourth-order valence-corrected chi connectivity index (χ4v) is 4.24. The summed E-state index contributed by atoms with van der Waals surface area (Å²) in [4.78, 5) is 0. The zero-order chi connectivity index (χ0) is 14.3. The lowest BCUT2D eigenvalue weighted by atomic mass is 9.70. The van der Waals surface area contributed by atoms with Gasteiger partial charge in [-0.25, -0.2) is 0 Å². The molecule has 3 rings (SSSR count). The van der Waals surface area contributed by atoms with Gasteiger partial charge in [0.2, 0.25) is 0 Å². The van der Waals surface area contributed by atoms with Gasteiger partial charge in [-0.1, -0.05) is 35.8 Å². The topological polar surface area (TPSA) is 35.2 Å². The van der Waals surface area contributed by atoms with Gasteiger partial charge in [0.1, 0.15) is 11.4 Å². The van der Waals surface area contributed by atoms with Crippen LogP contribution in [0.15, 0.2) is 22.7 Å². The molecule has 1 aliphatic carbocycles. The Morgan fingerprint density at radius 1 is 1.35 bits per heavy atom. The van der Waals surface area contributed by atoms with E-state index in [1.807, 2.05) is 0 Å². The van der Waals surface area contributed by atoms with Gasteiger partial charge in [-0.3, -0.25) is 0 Å². The predicted molar refractivity (Wildman–Crippen MR) is 85.8 cm³/mol. The van der Waals surface area contributed by atoms with E-state index in [9.17, 15) is 0 Å². The maximum Gasteiger partial charge on any atom is 0.126 e. The number of hydrogen-bond donors (Lipinski definition) is 1. The van der Waals surface area contributed by atoms with Crippen molar-refractivity contribution in [2.75, 3.05) is 0 Å². The van der Waals surface area contributed by atoms with Gasteiger partial charge in [0, 0.05) is 22.5 Å². The third kappa shape index (κ3) is 2.62. The van der Waals surface area contributed by atoms with Crippen LogP contribution in [0.3, 0.4) is 0 Å². The van der Waals surface area contributed by atoms with Crippen LogP contribution >= 0.6 is 15.9 Å². The van der Waals surface area contributed by atoms with E-state index in [4.69, 9.17) is 10.5 Å². The van der Waals surface area contributed by atoms with E-state index in [1.54, 1.807) is 0 Å². The van der Waals surface area contributed by atoms with Gasteiger partial charge < -0.3 is 10.5 Å². The van der Waals surface area contributed by atoms with Crippen molar-refractivity contribution in [3.63, 3.8) is 0 Å². The average molecular weight is 338 g/mol. The number of benzene rings is 1. The van der Waals surface area contributed by atoms with Crippen LogP contribution in [0.5, 0.6) is 5.75 Å². The highest BCUT2D eigenvalue weighted by molar-refractivity contribution is 9.10. The zero-order valence-corrected chi connectivity index (χ0v) is 13.9. The average Bonchev–Trinajstić information content (AvgIpc) is 2.37. The molecule has 3 heteroatoms. The summed E-state index contributed by atoms with van der Waals surface area (Å²) < 4.78 is 7.55. The summed E-state index contributed by atoms with van der Waals surface area (Å²) in [6, 6.07) is 6.34. The van der Waals surface area contributed by atoms with Crippen molar-refractivity contribution >= 4 is 15.9 Å². The molecule has 0 saturated heterocycles. The molecule has 110 valence electrons. The van der Waals surface area contributed by atoms with Gasteiger partial charge in [-0.15, -0.1) is 0 Å². The summed E-state index contributed by atoms with van der Waals surface area (Å²) in [6.45, 7) is 4.66. The number of rotatable bonds is 1. The molecule has 2 N–H and O–H groups in total. The molecule has 0 aromatic heterocycles. The molecule has 1 aliphatic heterocycles. The second-order valence-corrected chi connectivity index (χ2v) is 7.79. The van der Waals surface area contributed by atoms with Crippen molar-refractivity contribution < 1.29 is 4.74 Å². The summed E-state index contributed by atoms with van der Waals surface area (Å²) in [5.74, 6) is 2.49. The lowest BCUT2D eigenvalue weighted by Crippen LogP contribution is -2.47. The third-order valence-electron chi connectivity index (χ3n) is 5.08. The maximum atomic E-state index is 6.48. The molecule has 2 nitrogen and oxygen atoms in total. The summed E-state index contributed by atoms with van der Waals surface area (Å²) in [5, 5.41) is 0. The highest BCUT2D eigenvalue weighted by atomic mass is 79.9. The highest BCUT2D eigenvalue weighted by Crippen LogP contribution is 2.48. The van der Waals surface area contributed by atoms with Crippen LogP contribution in [0.25, 0.3) is 0 Å². The number of hydrogen-bond acceptors (Lipinski definition) is 2. The fourth-order valence-electron chi connectivity index (χ4n) is 3.90. The Balaban J connectivity index is 1.89. The Kier molecular flexibility index (Phi) is 3.85. The summed E-state index contributed by atoms with van der Waals surface area (Å²) >= 11 is 3.54. The molecule has 20 heavy (non-hydrogen) atoms. The van der Waals surface area contributed by atoms with Crippen LogP contribution in [-0.4, -0.2) is 5.60 Å². The molecule has 2 aliphatic rings. The molecule has 2 unspecified atom stereocenters. The van der Waals surface area contributed by atoms with E-state index >= 15 is 0 Å². The molecule has 1 aromatic rings. The Labute approximate surface area is 130 Å².